The Morgan fingerprint density at radius 1 is 1.59 bits per heavy atom. The number of carbonyl (C=O) groups is 1. The number of ether oxygens (including phenoxy) is 3. The Morgan fingerprint density at radius 3 is 3.00 bits per heavy atom. The highest BCUT2D eigenvalue weighted by atomic mass is 16.6. The van der Waals surface area contributed by atoms with Crippen LogP contribution in [-0.2, 0) is 19.0 Å². The Labute approximate surface area is 130 Å². The summed E-state index contributed by atoms with van der Waals surface area (Å²) in [6.07, 6.45) is 5.25. The van der Waals surface area contributed by atoms with E-state index in [0.717, 1.165) is 12.8 Å². The maximum absolute atomic E-state index is 11.2. The SMILES string of the molecule is COC(=O)/C=C/C1CC2(CO)OC(C[C@@H](C)C#N)CCC2O1. The molecule has 6 nitrogen and oxygen atoms in total. The van der Waals surface area contributed by atoms with Gasteiger partial charge in [-0.1, -0.05) is 0 Å². The Morgan fingerprint density at radius 2 is 2.36 bits per heavy atom. The second kappa shape index (κ2) is 7.23. The minimum atomic E-state index is -0.733. The van der Waals surface area contributed by atoms with Gasteiger partial charge in [0.05, 0.1) is 38.1 Å². The van der Waals surface area contributed by atoms with Gasteiger partial charge in [-0.3, -0.25) is 0 Å². The first-order valence-corrected chi connectivity index (χ1v) is 7.63. The highest BCUT2D eigenvalue weighted by Crippen LogP contribution is 2.42. The summed E-state index contributed by atoms with van der Waals surface area (Å²) in [6.45, 7) is 1.74. The number of rotatable bonds is 5. The summed E-state index contributed by atoms with van der Waals surface area (Å²) in [6, 6.07) is 2.21. The highest BCUT2D eigenvalue weighted by molar-refractivity contribution is 5.81. The molecule has 0 radical (unpaired) electrons. The molecule has 1 N–H and O–H groups in total. The van der Waals surface area contributed by atoms with E-state index < -0.39 is 11.6 Å². The molecule has 2 aliphatic heterocycles. The fourth-order valence-electron chi connectivity index (χ4n) is 3.22. The van der Waals surface area contributed by atoms with Crippen molar-refractivity contribution in [1.29, 1.82) is 5.26 Å². The van der Waals surface area contributed by atoms with Crippen LogP contribution in [0.1, 0.15) is 32.6 Å². The summed E-state index contributed by atoms with van der Waals surface area (Å²) in [5.41, 5.74) is -0.733. The zero-order valence-electron chi connectivity index (χ0n) is 13.0. The van der Waals surface area contributed by atoms with Gasteiger partial charge in [0.2, 0.25) is 0 Å². The van der Waals surface area contributed by atoms with E-state index in [2.05, 4.69) is 10.8 Å². The fourth-order valence-corrected chi connectivity index (χ4v) is 3.22. The second-order valence-electron chi connectivity index (χ2n) is 6.06. The minimum absolute atomic E-state index is 0.0370. The third kappa shape index (κ3) is 3.67. The smallest absolute Gasteiger partial charge is 0.330 e. The quantitative estimate of drug-likeness (QED) is 0.609. The van der Waals surface area contributed by atoms with E-state index in [9.17, 15) is 9.90 Å². The van der Waals surface area contributed by atoms with Gasteiger partial charge in [0.25, 0.3) is 0 Å². The third-order valence-corrected chi connectivity index (χ3v) is 4.38. The van der Waals surface area contributed by atoms with Crippen molar-refractivity contribution in [2.45, 2.75) is 56.5 Å². The van der Waals surface area contributed by atoms with Crippen molar-refractivity contribution in [1.82, 2.24) is 0 Å². The number of methoxy groups -OCH3 is 1. The Kier molecular flexibility index (Phi) is 5.57. The molecule has 0 bridgehead atoms. The number of hydrogen-bond donors (Lipinski definition) is 1. The van der Waals surface area contributed by atoms with Gasteiger partial charge in [0, 0.05) is 18.4 Å². The molecule has 0 aromatic rings. The zero-order valence-corrected chi connectivity index (χ0v) is 13.0. The lowest BCUT2D eigenvalue weighted by molar-refractivity contribution is -0.184. The number of aliphatic hydroxyl groups excluding tert-OH is 1. The van der Waals surface area contributed by atoms with Gasteiger partial charge in [0.1, 0.15) is 5.60 Å². The first-order chi connectivity index (χ1) is 10.5. The predicted molar refractivity (Wildman–Crippen MR) is 77.8 cm³/mol. The largest absolute Gasteiger partial charge is 0.466 e. The summed E-state index contributed by atoms with van der Waals surface area (Å²) in [7, 11) is 1.32. The normalized spacial score (nSPS) is 35.8. The first-order valence-electron chi connectivity index (χ1n) is 7.63. The average Bonchev–Trinajstić information content (AvgIpc) is 2.90. The number of nitriles is 1. The van der Waals surface area contributed by atoms with Crippen LogP contribution in [-0.4, -0.2) is 48.7 Å². The summed E-state index contributed by atoms with van der Waals surface area (Å²) < 4.78 is 16.6. The number of nitrogens with zero attached hydrogens (tertiary/aromatic N) is 1. The minimum Gasteiger partial charge on any atom is -0.466 e. The topological polar surface area (TPSA) is 88.8 Å². The van der Waals surface area contributed by atoms with Crippen molar-refractivity contribution in [2.75, 3.05) is 13.7 Å². The van der Waals surface area contributed by atoms with Gasteiger partial charge >= 0.3 is 5.97 Å². The molecule has 0 spiro atoms. The Balaban J connectivity index is 2.01. The fraction of sp³-hybridized carbons (Fsp3) is 0.750. The predicted octanol–water partition coefficient (Wildman–Crippen LogP) is 1.33. The summed E-state index contributed by atoms with van der Waals surface area (Å²) in [5.74, 6) is -0.507. The molecule has 2 aliphatic rings. The molecule has 0 aromatic carbocycles. The number of hydrogen-bond acceptors (Lipinski definition) is 6. The number of esters is 1. The van der Waals surface area contributed by atoms with E-state index in [1.807, 2.05) is 6.92 Å². The molecule has 2 saturated heterocycles. The Hall–Kier alpha value is -1.42. The molecule has 6 heteroatoms. The molecule has 2 rings (SSSR count). The number of aliphatic hydroxyl groups is 1. The van der Waals surface area contributed by atoms with Crippen LogP contribution >= 0.6 is 0 Å². The lowest BCUT2D eigenvalue weighted by Gasteiger charge is -2.41. The van der Waals surface area contributed by atoms with E-state index in [0.29, 0.717) is 12.8 Å². The van der Waals surface area contributed by atoms with E-state index in [1.54, 1.807) is 6.08 Å². The maximum atomic E-state index is 11.2. The average molecular weight is 309 g/mol. The molecule has 0 aromatic heterocycles. The van der Waals surface area contributed by atoms with Crippen LogP contribution in [0.15, 0.2) is 12.2 Å². The van der Waals surface area contributed by atoms with Crippen molar-refractivity contribution >= 4 is 5.97 Å². The number of fused-ring (bicyclic) bond motifs is 1. The lowest BCUT2D eigenvalue weighted by atomic mass is 9.85. The highest BCUT2D eigenvalue weighted by Gasteiger charge is 2.52. The molecule has 5 atom stereocenters. The molecular weight excluding hydrogens is 286 g/mol. The molecule has 0 aliphatic carbocycles. The van der Waals surface area contributed by atoms with Gasteiger partial charge < -0.3 is 19.3 Å². The van der Waals surface area contributed by atoms with E-state index in [4.69, 9.17) is 14.7 Å². The van der Waals surface area contributed by atoms with Crippen molar-refractivity contribution in [2.24, 2.45) is 5.92 Å². The maximum Gasteiger partial charge on any atom is 0.330 e. The molecule has 22 heavy (non-hydrogen) atoms. The number of carbonyl (C=O) groups excluding carboxylic acids is 1. The standard InChI is InChI=1S/C16H23NO5/c1-11(9-17)7-12-3-5-14-16(10-18,22-12)8-13(21-14)4-6-15(19)20-2/h4,6,11-14,18H,3,5,7-8,10H2,1-2H3/b6-4+/t11-,12?,13?,14?,16?/m1/s1. The van der Waals surface area contributed by atoms with Crippen LogP contribution in [0.3, 0.4) is 0 Å². The third-order valence-electron chi connectivity index (χ3n) is 4.38. The first kappa shape index (κ1) is 16.9. The van der Waals surface area contributed by atoms with E-state index in [-0.39, 0.29) is 30.8 Å². The van der Waals surface area contributed by atoms with Crippen LogP contribution in [0.5, 0.6) is 0 Å². The van der Waals surface area contributed by atoms with Crippen LogP contribution in [0, 0.1) is 17.2 Å². The van der Waals surface area contributed by atoms with Gasteiger partial charge in [-0.2, -0.15) is 5.26 Å². The zero-order chi connectivity index (χ0) is 16.2. The van der Waals surface area contributed by atoms with E-state index in [1.165, 1.54) is 13.2 Å². The molecule has 0 amide bonds. The molecular formula is C16H23NO5. The Bertz CT molecular complexity index is 472. The van der Waals surface area contributed by atoms with Crippen LogP contribution in [0.25, 0.3) is 0 Å². The van der Waals surface area contributed by atoms with Crippen molar-refractivity contribution < 1.29 is 24.1 Å². The molecule has 122 valence electrons. The van der Waals surface area contributed by atoms with Crippen molar-refractivity contribution in [3.63, 3.8) is 0 Å². The summed E-state index contributed by atoms with van der Waals surface area (Å²) >= 11 is 0. The summed E-state index contributed by atoms with van der Waals surface area (Å²) in [4.78, 5) is 11.2. The van der Waals surface area contributed by atoms with Crippen LogP contribution in [0.2, 0.25) is 0 Å². The monoisotopic (exact) mass is 309 g/mol. The molecule has 2 heterocycles. The molecule has 0 saturated carbocycles. The van der Waals surface area contributed by atoms with Crippen molar-refractivity contribution in [3.8, 4) is 6.07 Å². The second-order valence-corrected chi connectivity index (χ2v) is 6.06. The van der Waals surface area contributed by atoms with Gasteiger partial charge in [-0.15, -0.1) is 0 Å². The molecule has 2 fully saturated rings. The van der Waals surface area contributed by atoms with Gasteiger partial charge in [0.15, 0.2) is 0 Å². The van der Waals surface area contributed by atoms with Gasteiger partial charge in [-0.05, 0) is 32.3 Å². The van der Waals surface area contributed by atoms with E-state index >= 15 is 0 Å². The van der Waals surface area contributed by atoms with Crippen LogP contribution < -0.4 is 0 Å². The van der Waals surface area contributed by atoms with Crippen molar-refractivity contribution in [3.05, 3.63) is 12.2 Å². The van der Waals surface area contributed by atoms with Crippen LogP contribution in [0.4, 0.5) is 0 Å². The lowest BCUT2D eigenvalue weighted by Crippen LogP contribution is -2.51. The summed E-state index contributed by atoms with van der Waals surface area (Å²) in [5, 5.41) is 18.7. The van der Waals surface area contributed by atoms with Gasteiger partial charge in [-0.25, -0.2) is 4.79 Å². The molecule has 4 unspecified atom stereocenters.